The van der Waals surface area contributed by atoms with E-state index in [1.54, 1.807) is 13.8 Å². The Kier molecular flexibility index (Phi) is 2.77. The summed E-state index contributed by atoms with van der Waals surface area (Å²) < 4.78 is 0. The number of aliphatic imine (C=N–C) groups is 1. The van der Waals surface area contributed by atoms with Crippen LogP contribution >= 0.6 is 0 Å². The van der Waals surface area contributed by atoms with Crippen molar-refractivity contribution in [2.75, 3.05) is 0 Å². The van der Waals surface area contributed by atoms with Gasteiger partial charge in [0, 0.05) is 11.9 Å². The van der Waals surface area contributed by atoms with Gasteiger partial charge in [-0.25, -0.2) is 0 Å². The van der Waals surface area contributed by atoms with Crippen molar-refractivity contribution in [3.8, 4) is 0 Å². The van der Waals surface area contributed by atoms with Crippen LogP contribution in [0.4, 0.5) is 0 Å². The van der Waals surface area contributed by atoms with E-state index in [0.29, 0.717) is 5.71 Å². The highest BCUT2D eigenvalue weighted by Gasteiger charge is 1.87. The molecule has 0 aromatic heterocycles. The minimum Gasteiger partial charge on any atom is -0.304 e. The predicted molar refractivity (Wildman–Crippen MR) is 36.7 cm³/mol. The third-order valence-corrected chi connectivity index (χ3v) is 0.828. The maximum absolute atomic E-state index is 7.03. The van der Waals surface area contributed by atoms with Crippen molar-refractivity contribution >= 4 is 11.4 Å². The SMILES string of the molecule is C=C/N=C(/C)C(C)=N. The molecule has 0 saturated carbocycles. The van der Waals surface area contributed by atoms with Gasteiger partial charge in [-0.3, -0.25) is 4.99 Å². The second-order valence-corrected chi connectivity index (χ2v) is 1.52. The Morgan fingerprint density at radius 2 is 2.12 bits per heavy atom. The lowest BCUT2D eigenvalue weighted by atomic mass is 10.3. The highest BCUT2D eigenvalue weighted by Crippen LogP contribution is 1.79. The van der Waals surface area contributed by atoms with Crippen molar-refractivity contribution in [2.45, 2.75) is 13.8 Å². The average molecular weight is 110 g/mol. The summed E-state index contributed by atoms with van der Waals surface area (Å²) in [5.41, 5.74) is 1.21. The van der Waals surface area contributed by atoms with Crippen LogP contribution in [0.5, 0.6) is 0 Å². The number of hydrogen-bond donors (Lipinski definition) is 1. The summed E-state index contributed by atoms with van der Waals surface area (Å²) in [5.74, 6) is 0. The molecule has 0 fully saturated rings. The molecular weight excluding hydrogens is 100 g/mol. The molecule has 0 heterocycles. The van der Waals surface area contributed by atoms with E-state index < -0.39 is 0 Å². The molecule has 0 radical (unpaired) electrons. The molecule has 0 aliphatic carbocycles. The van der Waals surface area contributed by atoms with Gasteiger partial charge in [0.25, 0.3) is 0 Å². The Hall–Kier alpha value is -0.920. The van der Waals surface area contributed by atoms with Crippen LogP contribution in [-0.2, 0) is 0 Å². The van der Waals surface area contributed by atoms with Gasteiger partial charge in [-0.1, -0.05) is 6.58 Å². The van der Waals surface area contributed by atoms with Crippen LogP contribution in [0.25, 0.3) is 0 Å². The first-order valence-corrected chi connectivity index (χ1v) is 2.39. The molecule has 0 amide bonds. The first kappa shape index (κ1) is 7.08. The van der Waals surface area contributed by atoms with E-state index in [0.717, 1.165) is 5.71 Å². The molecule has 0 saturated heterocycles. The zero-order valence-electron chi connectivity index (χ0n) is 5.23. The smallest absolute Gasteiger partial charge is 0.0576 e. The number of hydrogen-bond acceptors (Lipinski definition) is 2. The van der Waals surface area contributed by atoms with E-state index in [4.69, 9.17) is 5.41 Å². The summed E-state index contributed by atoms with van der Waals surface area (Å²) in [6.07, 6.45) is 1.44. The third-order valence-electron chi connectivity index (χ3n) is 0.828. The molecule has 44 valence electrons. The fourth-order valence-electron chi connectivity index (χ4n) is 0.234. The highest BCUT2D eigenvalue weighted by atomic mass is 14.7. The van der Waals surface area contributed by atoms with E-state index >= 15 is 0 Å². The van der Waals surface area contributed by atoms with E-state index in [9.17, 15) is 0 Å². The van der Waals surface area contributed by atoms with E-state index in [1.807, 2.05) is 0 Å². The minimum atomic E-state index is 0.491. The van der Waals surface area contributed by atoms with Crippen LogP contribution in [0, 0.1) is 5.41 Å². The Labute approximate surface area is 49.5 Å². The van der Waals surface area contributed by atoms with Crippen LogP contribution in [0.15, 0.2) is 17.8 Å². The van der Waals surface area contributed by atoms with Crippen LogP contribution in [-0.4, -0.2) is 11.4 Å². The van der Waals surface area contributed by atoms with Crippen molar-refractivity contribution in [3.05, 3.63) is 12.8 Å². The Bertz CT molecular complexity index is 133. The van der Waals surface area contributed by atoms with Gasteiger partial charge in [0.1, 0.15) is 0 Å². The van der Waals surface area contributed by atoms with Crippen molar-refractivity contribution in [1.29, 1.82) is 5.41 Å². The molecule has 2 nitrogen and oxygen atoms in total. The van der Waals surface area contributed by atoms with Gasteiger partial charge in [0.15, 0.2) is 0 Å². The Balaban J connectivity index is 3.99. The first-order chi connectivity index (χ1) is 3.68. The highest BCUT2D eigenvalue weighted by molar-refractivity contribution is 6.39. The lowest BCUT2D eigenvalue weighted by Crippen LogP contribution is -2.01. The molecule has 8 heavy (non-hydrogen) atoms. The zero-order valence-corrected chi connectivity index (χ0v) is 5.23. The maximum Gasteiger partial charge on any atom is 0.0576 e. The number of nitrogens with zero attached hydrogens (tertiary/aromatic N) is 1. The Morgan fingerprint density at radius 1 is 1.62 bits per heavy atom. The molecule has 2 heteroatoms. The molecule has 0 atom stereocenters. The lowest BCUT2D eigenvalue weighted by molar-refractivity contribution is 1.48. The van der Waals surface area contributed by atoms with E-state index in [-0.39, 0.29) is 0 Å². The Morgan fingerprint density at radius 3 is 2.25 bits per heavy atom. The molecule has 0 aliphatic rings. The second kappa shape index (κ2) is 3.13. The summed E-state index contributed by atoms with van der Waals surface area (Å²) in [6.45, 7) is 6.88. The summed E-state index contributed by atoms with van der Waals surface area (Å²) in [4.78, 5) is 3.78. The largest absolute Gasteiger partial charge is 0.304 e. The standard InChI is InChI=1S/C6H10N2/c1-4-8-6(3)5(2)7/h4,7H,1H2,2-3H3/b7-5?,8-6-. The molecule has 0 rings (SSSR count). The second-order valence-electron chi connectivity index (χ2n) is 1.52. The van der Waals surface area contributed by atoms with Gasteiger partial charge >= 0.3 is 0 Å². The molecular formula is C6H10N2. The van der Waals surface area contributed by atoms with Crippen molar-refractivity contribution in [2.24, 2.45) is 4.99 Å². The summed E-state index contributed by atoms with van der Waals surface area (Å²) in [6, 6.07) is 0. The number of rotatable bonds is 2. The van der Waals surface area contributed by atoms with Gasteiger partial charge in [-0.15, -0.1) is 0 Å². The van der Waals surface area contributed by atoms with Crippen LogP contribution in [0.1, 0.15) is 13.8 Å². The van der Waals surface area contributed by atoms with Gasteiger partial charge in [-0.05, 0) is 13.8 Å². The molecule has 0 unspecified atom stereocenters. The van der Waals surface area contributed by atoms with Crippen molar-refractivity contribution in [3.63, 3.8) is 0 Å². The van der Waals surface area contributed by atoms with Gasteiger partial charge in [0.2, 0.25) is 0 Å². The van der Waals surface area contributed by atoms with Gasteiger partial charge < -0.3 is 5.41 Å². The molecule has 1 N–H and O–H groups in total. The molecule has 0 aliphatic heterocycles. The normalized spacial score (nSPS) is 11.0. The minimum absolute atomic E-state index is 0.491. The monoisotopic (exact) mass is 110 g/mol. The van der Waals surface area contributed by atoms with E-state index in [1.165, 1.54) is 6.20 Å². The first-order valence-electron chi connectivity index (χ1n) is 2.39. The predicted octanol–water partition coefficient (Wildman–Crippen LogP) is 1.63. The van der Waals surface area contributed by atoms with Crippen LogP contribution < -0.4 is 0 Å². The fourth-order valence-corrected chi connectivity index (χ4v) is 0.234. The molecule has 0 aromatic rings. The van der Waals surface area contributed by atoms with Crippen molar-refractivity contribution < 1.29 is 0 Å². The van der Waals surface area contributed by atoms with Crippen LogP contribution in [0.2, 0.25) is 0 Å². The lowest BCUT2D eigenvalue weighted by Gasteiger charge is -1.89. The van der Waals surface area contributed by atoms with Crippen molar-refractivity contribution in [1.82, 2.24) is 0 Å². The molecule has 0 aromatic carbocycles. The zero-order chi connectivity index (χ0) is 6.57. The third kappa shape index (κ3) is 2.29. The summed E-state index contributed by atoms with van der Waals surface area (Å²) >= 11 is 0. The van der Waals surface area contributed by atoms with Gasteiger partial charge in [-0.2, -0.15) is 0 Å². The topological polar surface area (TPSA) is 36.2 Å². The average Bonchev–Trinajstić information content (AvgIpc) is 1.67. The molecule has 0 bridgehead atoms. The van der Waals surface area contributed by atoms with Gasteiger partial charge in [0.05, 0.1) is 5.71 Å². The fraction of sp³-hybridized carbons (Fsp3) is 0.333. The quantitative estimate of drug-likeness (QED) is 0.524. The maximum atomic E-state index is 7.03. The summed E-state index contributed by atoms with van der Waals surface area (Å²) in [7, 11) is 0. The summed E-state index contributed by atoms with van der Waals surface area (Å²) in [5, 5.41) is 7.03. The van der Waals surface area contributed by atoms with Crippen LogP contribution in [0.3, 0.4) is 0 Å². The molecule has 0 spiro atoms. The van der Waals surface area contributed by atoms with E-state index in [2.05, 4.69) is 11.6 Å². The number of nitrogens with one attached hydrogen (secondary N) is 1.